The van der Waals surface area contributed by atoms with Crippen LogP contribution in [0.2, 0.25) is 0 Å². The van der Waals surface area contributed by atoms with E-state index >= 15 is 0 Å². The Morgan fingerprint density at radius 2 is 1.94 bits per heavy atom. The summed E-state index contributed by atoms with van der Waals surface area (Å²) in [6.07, 6.45) is 6.17. The summed E-state index contributed by atoms with van der Waals surface area (Å²) in [5.41, 5.74) is 6.01. The van der Waals surface area contributed by atoms with Gasteiger partial charge in [0, 0.05) is 0 Å². The van der Waals surface area contributed by atoms with E-state index in [1.807, 2.05) is 18.2 Å². The van der Waals surface area contributed by atoms with Gasteiger partial charge in [-0.15, -0.1) is 0 Å². The highest BCUT2D eigenvalue weighted by Crippen LogP contribution is 2.26. The maximum atomic E-state index is 11.7. The zero-order valence-electron chi connectivity index (χ0n) is 10.0. The summed E-state index contributed by atoms with van der Waals surface area (Å²) in [5.74, 6) is 0.631. The molecular formula is C14H19NO2. The van der Waals surface area contributed by atoms with Gasteiger partial charge in [0.2, 0.25) is 0 Å². The number of rotatable bonds is 4. The zero-order chi connectivity index (χ0) is 12.1. The van der Waals surface area contributed by atoms with Crippen LogP contribution in [0.1, 0.15) is 42.5 Å². The van der Waals surface area contributed by atoms with E-state index in [4.69, 9.17) is 10.5 Å². The standard InChI is InChI=1S/C14H19NO2/c15-10-13(16)12-8-4-5-9-14(12)17-11-6-2-1-3-7-11/h4-5,8-9,11H,1-3,6-7,10,15H2. The number of para-hydroxylation sites is 1. The van der Waals surface area contributed by atoms with Crippen molar-refractivity contribution in [3.63, 3.8) is 0 Å². The van der Waals surface area contributed by atoms with Gasteiger partial charge in [-0.2, -0.15) is 0 Å². The first-order valence-corrected chi connectivity index (χ1v) is 6.30. The summed E-state index contributed by atoms with van der Waals surface area (Å²) in [6, 6.07) is 7.38. The fraction of sp³-hybridized carbons (Fsp3) is 0.500. The molecule has 1 aliphatic carbocycles. The van der Waals surface area contributed by atoms with E-state index in [1.54, 1.807) is 6.07 Å². The fourth-order valence-electron chi connectivity index (χ4n) is 2.27. The van der Waals surface area contributed by atoms with E-state index in [2.05, 4.69) is 0 Å². The third kappa shape index (κ3) is 3.07. The van der Waals surface area contributed by atoms with Gasteiger partial charge in [0.1, 0.15) is 5.75 Å². The van der Waals surface area contributed by atoms with Crippen LogP contribution in [0.25, 0.3) is 0 Å². The first-order valence-electron chi connectivity index (χ1n) is 6.30. The van der Waals surface area contributed by atoms with Crippen molar-refractivity contribution in [3.8, 4) is 5.75 Å². The smallest absolute Gasteiger partial charge is 0.180 e. The number of carbonyl (C=O) groups is 1. The molecule has 1 aliphatic rings. The molecule has 0 spiro atoms. The molecular weight excluding hydrogens is 214 g/mol. The minimum Gasteiger partial charge on any atom is -0.490 e. The van der Waals surface area contributed by atoms with Crippen LogP contribution in [0.4, 0.5) is 0 Å². The Labute approximate surface area is 102 Å². The van der Waals surface area contributed by atoms with Gasteiger partial charge < -0.3 is 10.5 Å². The lowest BCUT2D eigenvalue weighted by atomic mass is 9.97. The first-order chi connectivity index (χ1) is 8.31. The molecule has 0 atom stereocenters. The number of ether oxygens (including phenoxy) is 1. The Kier molecular flexibility index (Phi) is 4.15. The number of hydrogen-bond acceptors (Lipinski definition) is 3. The second-order valence-corrected chi connectivity index (χ2v) is 4.50. The zero-order valence-corrected chi connectivity index (χ0v) is 10.0. The minimum atomic E-state index is -0.0589. The van der Waals surface area contributed by atoms with E-state index in [-0.39, 0.29) is 18.4 Å². The lowest BCUT2D eigenvalue weighted by Gasteiger charge is -2.24. The molecule has 0 bridgehead atoms. The molecule has 92 valence electrons. The Bertz CT molecular complexity index is 384. The number of benzene rings is 1. The van der Waals surface area contributed by atoms with Gasteiger partial charge in [0.25, 0.3) is 0 Å². The molecule has 0 radical (unpaired) electrons. The summed E-state index contributed by atoms with van der Waals surface area (Å²) in [4.78, 5) is 11.7. The molecule has 17 heavy (non-hydrogen) atoms. The van der Waals surface area contributed by atoms with Crippen LogP contribution in [0.3, 0.4) is 0 Å². The summed E-state index contributed by atoms with van der Waals surface area (Å²) in [6.45, 7) is 0.0328. The predicted molar refractivity (Wildman–Crippen MR) is 67.3 cm³/mol. The van der Waals surface area contributed by atoms with Crippen molar-refractivity contribution in [1.29, 1.82) is 0 Å². The third-order valence-corrected chi connectivity index (χ3v) is 3.22. The van der Waals surface area contributed by atoms with Gasteiger partial charge in [-0.25, -0.2) is 0 Å². The van der Waals surface area contributed by atoms with Crippen molar-refractivity contribution in [3.05, 3.63) is 29.8 Å². The van der Waals surface area contributed by atoms with Crippen molar-refractivity contribution in [2.24, 2.45) is 5.73 Å². The Morgan fingerprint density at radius 1 is 1.24 bits per heavy atom. The highest BCUT2D eigenvalue weighted by Gasteiger charge is 2.17. The first kappa shape index (κ1) is 12.1. The maximum absolute atomic E-state index is 11.7. The van der Waals surface area contributed by atoms with E-state index < -0.39 is 0 Å². The van der Waals surface area contributed by atoms with E-state index in [1.165, 1.54) is 19.3 Å². The number of Topliss-reactive ketones (excluding diaryl/α,β-unsaturated/α-hetero) is 1. The van der Waals surface area contributed by atoms with Crippen LogP contribution in [-0.4, -0.2) is 18.4 Å². The molecule has 1 aromatic rings. The quantitative estimate of drug-likeness (QED) is 0.813. The largest absolute Gasteiger partial charge is 0.490 e. The number of nitrogens with two attached hydrogens (primary N) is 1. The van der Waals surface area contributed by atoms with Crippen LogP contribution >= 0.6 is 0 Å². The Morgan fingerprint density at radius 3 is 2.65 bits per heavy atom. The summed E-state index contributed by atoms with van der Waals surface area (Å²) >= 11 is 0. The maximum Gasteiger partial charge on any atom is 0.180 e. The number of carbonyl (C=O) groups excluding carboxylic acids is 1. The van der Waals surface area contributed by atoms with Gasteiger partial charge in [-0.3, -0.25) is 4.79 Å². The van der Waals surface area contributed by atoms with Crippen molar-refractivity contribution in [2.75, 3.05) is 6.54 Å². The molecule has 1 fully saturated rings. The monoisotopic (exact) mass is 233 g/mol. The molecule has 1 aromatic carbocycles. The van der Waals surface area contributed by atoms with Gasteiger partial charge >= 0.3 is 0 Å². The molecule has 0 amide bonds. The minimum absolute atomic E-state index is 0.0328. The van der Waals surface area contributed by atoms with Crippen molar-refractivity contribution < 1.29 is 9.53 Å². The average Bonchev–Trinajstić information content (AvgIpc) is 2.40. The molecule has 3 nitrogen and oxygen atoms in total. The van der Waals surface area contributed by atoms with Crippen molar-refractivity contribution in [2.45, 2.75) is 38.2 Å². The van der Waals surface area contributed by atoms with Crippen LogP contribution in [-0.2, 0) is 0 Å². The Balaban J connectivity index is 2.11. The average molecular weight is 233 g/mol. The van der Waals surface area contributed by atoms with Gasteiger partial charge in [-0.05, 0) is 37.8 Å². The van der Waals surface area contributed by atoms with Gasteiger partial charge in [0.05, 0.1) is 18.2 Å². The molecule has 2 N–H and O–H groups in total. The SMILES string of the molecule is NCC(=O)c1ccccc1OC1CCCCC1. The van der Waals surface area contributed by atoms with Crippen LogP contribution in [0, 0.1) is 0 Å². The van der Waals surface area contributed by atoms with Gasteiger partial charge in [-0.1, -0.05) is 18.6 Å². The fourth-order valence-corrected chi connectivity index (χ4v) is 2.27. The van der Waals surface area contributed by atoms with Crippen LogP contribution < -0.4 is 10.5 Å². The third-order valence-electron chi connectivity index (χ3n) is 3.22. The molecule has 0 aliphatic heterocycles. The highest BCUT2D eigenvalue weighted by molar-refractivity contribution is 5.99. The van der Waals surface area contributed by atoms with Crippen LogP contribution in [0.15, 0.2) is 24.3 Å². The molecule has 0 heterocycles. The number of hydrogen-bond donors (Lipinski definition) is 1. The highest BCUT2D eigenvalue weighted by atomic mass is 16.5. The molecule has 1 saturated carbocycles. The van der Waals surface area contributed by atoms with Crippen LogP contribution in [0.5, 0.6) is 5.75 Å². The molecule has 3 heteroatoms. The molecule has 0 aromatic heterocycles. The molecule has 2 rings (SSSR count). The summed E-state index contributed by atoms with van der Waals surface area (Å²) in [5, 5.41) is 0. The van der Waals surface area contributed by atoms with Crippen molar-refractivity contribution >= 4 is 5.78 Å². The van der Waals surface area contributed by atoms with E-state index in [9.17, 15) is 4.79 Å². The number of ketones is 1. The second kappa shape index (κ2) is 5.82. The lowest BCUT2D eigenvalue weighted by molar-refractivity contribution is 0.0989. The second-order valence-electron chi connectivity index (χ2n) is 4.50. The molecule has 0 unspecified atom stereocenters. The molecule has 0 saturated heterocycles. The van der Waals surface area contributed by atoms with Gasteiger partial charge in [0.15, 0.2) is 5.78 Å². The normalized spacial score (nSPS) is 16.8. The summed E-state index contributed by atoms with van der Waals surface area (Å²) < 4.78 is 5.93. The predicted octanol–water partition coefficient (Wildman–Crippen LogP) is 2.54. The van der Waals surface area contributed by atoms with Crippen molar-refractivity contribution in [1.82, 2.24) is 0 Å². The van der Waals surface area contributed by atoms with E-state index in [0.29, 0.717) is 11.3 Å². The van der Waals surface area contributed by atoms with E-state index in [0.717, 1.165) is 12.8 Å². The lowest BCUT2D eigenvalue weighted by Crippen LogP contribution is -2.22. The topological polar surface area (TPSA) is 52.3 Å². The Hall–Kier alpha value is -1.35. The summed E-state index contributed by atoms with van der Waals surface area (Å²) in [7, 11) is 0.